The van der Waals surface area contributed by atoms with E-state index in [-0.39, 0.29) is 5.91 Å². The fourth-order valence-corrected chi connectivity index (χ4v) is 4.44. The number of nitrogens with zero attached hydrogens (tertiary/aromatic N) is 2. The predicted octanol–water partition coefficient (Wildman–Crippen LogP) is 4.80. The summed E-state index contributed by atoms with van der Waals surface area (Å²) < 4.78 is 1.89. The van der Waals surface area contributed by atoms with Gasteiger partial charge in [0.25, 0.3) is 5.91 Å². The summed E-state index contributed by atoms with van der Waals surface area (Å²) in [5.41, 5.74) is 7.21. The first-order valence-corrected chi connectivity index (χ1v) is 9.82. The van der Waals surface area contributed by atoms with Gasteiger partial charge in [0.1, 0.15) is 5.82 Å². The van der Waals surface area contributed by atoms with Gasteiger partial charge < -0.3 is 5.32 Å². The number of rotatable bonds is 3. The Morgan fingerprint density at radius 2 is 1.81 bits per heavy atom. The van der Waals surface area contributed by atoms with Crippen LogP contribution >= 0.6 is 11.8 Å². The second-order valence-corrected chi connectivity index (χ2v) is 7.78. The van der Waals surface area contributed by atoms with Crippen LogP contribution in [0.2, 0.25) is 0 Å². The third-order valence-electron chi connectivity index (χ3n) is 4.62. The number of thioether (sulfide) groups is 1. The number of amides is 1. The van der Waals surface area contributed by atoms with Crippen molar-refractivity contribution in [1.29, 1.82) is 0 Å². The second kappa shape index (κ2) is 6.65. The third kappa shape index (κ3) is 3.03. The van der Waals surface area contributed by atoms with Crippen LogP contribution in [0.5, 0.6) is 0 Å². The molecule has 5 heteroatoms. The maximum Gasteiger partial charge on any atom is 0.257 e. The lowest BCUT2D eigenvalue weighted by molar-refractivity contribution is 0.102. The molecule has 2 heterocycles. The van der Waals surface area contributed by atoms with Crippen molar-refractivity contribution >= 4 is 23.5 Å². The molecule has 3 aromatic rings. The van der Waals surface area contributed by atoms with Gasteiger partial charge in [-0.1, -0.05) is 24.3 Å². The quantitative estimate of drug-likeness (QED) is 0.727. The zero-order valence-electron chi connectivity index (χ0n) is 15.2. The van der Waals surface area contributed by atoms with Gasteiger partial charge in [-0.25, -0.2) is 4.68 Å². The van der Waals surface area contributed by atoms with Crippen LogP contribution in [0.3, 0.4) is 0 Å². The molecule has 0 saturated heterocycles. The van der Waals surface area contributed by atoms with Crippen LogP contribution in [0.1, 0.15) is 38.3 Å². The molecule has 1 aliphatic heterocycles. The SMILES string of the molecule is Cc1cc(C)cc(-n2nc3c(c2NC(=O)c2ccccc2C)CSC3)c1. The summed E-state index contributed by atoms with van der Waals surface area (Å²) in [5.74, 6) is 2.47. The molecule has 0 fully saturated rings. The minimum atomic E-state index is -0.0895. The van der Waals surface area contributed by atoms with Crippen LogP contribution in [-0.2, 0) is 11.5 Å². The number of hydrogen-bond donors (Lipinski definition) is 1. The third-order valence-corrected chi connectivity index (χ3v) is 5.59. The number of aryl methyl sites for hydroxylation is 3. The van der Waals surface area contributed by atoms with Crippen molar-refractivity contribution in [3.8, 4) is 5.69 Å². The van der Waals surface area contributed by atoms with Gasteiger partial charge in [-0.15, -0.1) is 0 Å². The van der Waals surface area contributed by atoms with Gasteiger partial charge >= 0.3 is 0 Å². The highest BCUT2D eigenvalue weighted by Crippen LogP contribution is 2.36. The molecule has 1 N–H and O–H groups in total. The largest absolute Gasteiger partial charge is 0.306 e. The van der Waals surface area contributed by atoms with Crippen molar-refractivity contribution in [3.05, 3.63) is 76.0 Å². The summed E-state index contributed by atoms with van der Waals surface area (Å²) in [5, 5.41) is 7.93. The Morgan fingerprint density at radius 1 is 1.08 bits per heavy atom. The van der Waals surface area contributed by atoms with Crippen LogP contribution in [-0.4, -0.2) is 15.7 Å². The standard InChI is InChI=1S/C21H21N3OS/c1-13-8-14(2)10-16(9-13)24-20(18-11-26-12-19(18)23-24)22-21(25)17-7-5-4-6-15(17)3/h4-10H,11-12H2,1-3H3,(H,22,25). The Kier molecular flexibility index (Phi) is 4.32. The van der Waals surface area contributed by atoms with Crippen molar-refractivity contribution in [1.82, 2.24) is 9.78 Å². The molecule has 0 atom stereocenters. The van der Waals surface area contributed by atoms with Crippen LogP contribution < -0.4 is 5.32 Å². The summed E-state index contributed by atoms with van der Waals surface area (Å²) in [7, 11) is 0. The molecule has 2 aromatic carbocycles. The Hall–Kier alpha value is -2.53. The number of nitrogens with one attached hydrogen (secondary N) is 1. The van der Waals surface area contributed by atoms with Gasteiger partial charge in [0.2, 0.25) is 0 Å². The summed E-state index contributed by atoms with van der Waals surface area (Å²) in [6.07, 6.45) is 0. The van der Waals surface area contributed by atoms with Gasteiger partial charge in [-0.2, -0.15) is 16.9 Å². The van der Waals surface area contributed by atoms with Crippen molar-refractivity contribution in [2.75, 3.05) is 5.32 Å². The van der Waals surface area contributed by atoms with Gasteiger partial charge in [0.15, 0.2) is 0 Å². The molecule has 1 aromatic heterocycles. The Labute approximate surface area is 157 Å². The van der Waals surface area contributed by atoms with E-state index in [1.54, 1.807) is 0 Å². The summed E-state index contributed by atoms with van der Waals surface area (Å²) >= 11 is 1.83. The normalized spacial score (nSPS) is 12.9. The molecule has 0 aliphatic carbocycles. The van der Waals surface area contributed by atoms with Crippen LogP contribution in [0.4, 0.5) is 5.82 Å². The summed E-state index contributed by atoms with van der Waals surface area (Å²) in [6, 6.07) is 14.0. The predicted molar refractivity (Wildman–Crippen MR) is 107 cm³/mol. The first-order valence-electron chi connectivity index (χ1n) is 8.67. The van der Waals surface area contributed by atoms with Crippen molar-refractivity contribution in [2.24, 2.45) is 0 Å². The highest BCUT2D eigenvalue weighted by molar-refractivity contribution is 7.98. The number of carbonyl (C=O) groups excluding carboxylic acids is 1. The number of carbonyl (C=O) groups is 1. The van der Waals surface area contributed by atoms with Gasteiger partial charge in [-0.3, -0.25) is 4.79 Å². The molecule has 1 amide bonds. The average molecular weight is 363 g/mol. The van der Waals surface area contributed by atoms with E-state index in [1.807, 2.05) is 47.6 Å². The molecule has 26 heavy (non-hydrogen) atoms. The first kappa shape index (κ1) is 16.9. The molecule has 132 valence electrons. The molecule has 0 bridgehead atoms. The van der Waals surface area contributed by atoms with Crippen molar-refractivity contribution in [3.63, 3.8) is 0 Å². The van der Waals surface area contributed by atoms with Gasteiger partial charge in [0.05, 0.1) is 11.4 Å². The number of benzene rings is 2. The number of aromatic nitrogens is 2. The van der Waals surface area contributed by atoms with Crippen molar-refractivity contribution < 1.29 is 4.79 Å². The average Bonchev–Trinajstić information content (AvgIpc) is 3.17. The lowest BCUT2D eigenvalue weighted by atomic mass is 10.1. The van der Waals surface area contributed by atoms with Gasteiger partial charge in [0, 0.05) is 22.6 Å². The minimum absolute atomic E-state index is 0.0895. The van der Waals surface area contributed by atoms with E-state index in [4.69, 9.17) is 5.10 Å². The van der Waals surface area contributed by atoms with Crippen LogP contribution in [0.15, 0.2) is 42.5 Å². The lowest BCUT2D eigenvalue weighted by Crippen LogP contribution is -2.17. The van der Waals surface area contributed by atoms with Crippen LogP contribution in [0.25, 0.3) is 5.69 Å². The van der Waals surface area contributed by atoms with E-state index >= 15 is 0 Å². The fraction of sp³-hybridized carbons (Fsp3) is 0.238. The van der Waals surface area contributed by atoms with Crippen molar-refractivity contribution in [2.45, 2.75) is 32.3 Å². The Balaban J connectivity index is 1.78. The number of hydrogen-bond acceptors (Lipinski definition) is 3. The maximum absolute atomic E-state index is 12.9. The van der Waals surface area contributed by atoms with E-state index < -0.39 is 0 Å². The maximum atomic E-state index is 12.9. The molecular formula is C21H21N3OS. The summed E-state index contributed by atoms with van der Waals surface area (Å²) in [6.45, 7) is 6.11. The number of anilines is 1. The van der Waals surface area contributed by atoms with E-state index in [0.29, 0.717) is 5.56 Å². The monoisotopic (exact) mass is 363 g/mol. The van der Waals surface area contributed by atoms with Gasteiger partial charge in [-0.05, 0) is 55.7 Å². The Morgan fingerprint density at radius 3 is 2.54 bits per heavy atom. The lowest BCUT2D eigenvalue weighted by Gasteiger charge is -2.13. The van der Waals surface area contributed by atoms with E-state index in [1.165, 1.54) is 11.1 Å². The Bertz CT molecular complexity index is 986. The summed E-state index contributed by atoms with van der Waals surface area (Å²) in [4.78, 5) is 12.9. The molecule has 0 saturated carbocycles. The van der Waals surface area contributed by atoms with E-state index in [2.05, 4.69) is 37.4 Å². The zero-order valence-corrected chi connectivity index (χ0v) is 16.0. The first-order chi connectivity index (χ1) is 12.5. The minimum Gasteiger partial charge on any atom is -0.306 e. The zero-order chi connectivity index (χ0) is 18.3. The van der Waals surface area contributed by atoms with Crippen LogP contribution in [0, 0.1) is 20.8 Å². The molecule has 1 aliphatic rings. The fourth-order valence-electron chi connectivity index (χ4n) is 3.40. The molecule has 0 spiro atoms. The molecule has 4 nitrogen and oxygen atoms in total. The molecule has 4 rings (SSSR count). The topological polar surface area (TPSA) is 46.9 Å². The second-order valence-electron chi connectivity index (χ2n) is 6.79. The molecule has 0 unspecified atom stereocenters. The van der Waals surface area contributed by atoms with E-state index in [9.17, 15) is 4.79 Å². The highest BCUT2D eigenvalue weighted by Gasteiger charge is 2.25. The molecular weight excluding hydrogens is 342 g/mol. The van der Waals surface area contributed by atoms with E-state index in [0.717, 1.165) is 39.8 Å². The highest BCUT2D eigenvalue weighted by atomic mass is 32.2. The smallest absolute Gasteiger partial charge is 0.257 e. The molecule has 0 radical (unpaired) electrons. The number of fused-ring (bicyclic) bond motifs is 1.